The molecular formula is C24H30ClNO3. The summed E-state index contributed by atoms with van der Waals surface area (Å²) in [5.41, 5.74) is 2.88. The number of halogens is 1. The number of methoxy groups -OCH3 is 2. The van der Waals surface area contributed by atoms with Gasteiger partial charge >= 0.3 is 0 Å². The Hall–Kier alpha value is -2.04. The number of rotatable bonds is 5. The molecule has 1 aliphatic heterocycles. The number of nitrogens with zero attached hydrogens (tertiary/aromatic N) is 1. The molecule has 29 heavy (non-hydrogen) atoms. The number of para-hydroxylation sites is 1. The lowest BCUT2D eigenvalue weighted by molar-refractivity contribution is 0.0297. The minimum Gasteiger partial charge on any atom is -0.497 e. The number of likely N-dealkylation sites (tertiary alicyclic amines) is 1. The smallest absolute Gasteiger partial charge is 0.183 e. The molecule has 2 aromatic carbocycles. The summed E-state index contributed by atoms with van der Waals surface area (Å²) < 4.78 is 10.9. The first-order chi connectivity index (χ1) is 13.7. The molecule has 1 atom stereocenters. The van der Waals surface area contributed by atoms with E-state index in [0.717, 1.165) is 74.2 Å². The van der Waals surface area contributed by atoms with Crippen molar-refractivity contribution in [3.63, 3.8) is 0 Å². The van der Waals surface area contributed by atoms with E-state index in [0.29, 0.717) is 5.78 Å². The molecule has 0 amide bonds. The van der Waals surface area contributed by atoms with E-state index >= 15 is 0 Å². The molecule has 1 fully saturated rings. The number of piperidine rings is 1. The van der Waals surface area contributed by atoms with Crippen molar-refractivity contribution in [3.8, 4) is 11.5 Å². The van der Waals surface area contributed by atoms with Crippen molar-refractivity contribution in [1.82, 2.24) is 4.90 Å². The summed E-state index contributed by atoms with van der Waals surface area (Å²) in [6.07, 6.45) is 5.98. The van der Waals surface area contributed by atoms with E-state index in [2.05, 4.69) is 17.0 Å². The molecule has 5 heteroatoms. The predicted molar refractivity (Wildman–Crippen MR) is 118 cm³/mol. The highest BCUT2D eigenvalue weighted by Crippen LogP contribution is 2.40. The number of hydrogen-bond donors (Lipinski definition) is 0. The van der Waals surface area contributed by atoms with Gasteiger partial charge in [-0.05, 0) is 80.5 Å². The third kappa shape index (κ3) is 4.01. The molecule has 156 valence electrons. The number of aryl methyl sites for hydroxylation is 1. The van der Waals surface area contributed by atoms with Crippen LogP contribution in [0.3, 0.4) is 0 Å². The molecule has 0 unspecified atom stereocenters. The number of hydrogen-bond acceptors (Lipinski definition) is 4. The molecule has 1 spiro atoms. The van der Waals surface area contributed by atoms with Crippen LogP contribution in [0.5, 0.6) is 11.5 Å². The molecule has 2 aromatic rings. The van der Waals surface area contributed by atoms with Crippen molar-refractivity contribution in [2.24, 2.45) is 0 Å². The van der Waals surface area contributed by atoms with Crippen LogP contribution in [0.4, 0.5) is 0 Å². The van der Waals surface area contributed by atoms with Gasteiger partial charge in [-0.15, -0.1) is 12.4 Å². The van der Waals surface area contributed by atoms with Crippen LogP contribution in [-0.4, -0.2) is 43.5 Å². The molecule has 0 radical (unpaired) electrons. The van der Waals surface area contributed by atoms with E-state index in [-0.39, 0.29) is 17.9 Å². The van der Waals surface area contributed by atoms with E-state index in [4.69, 9.17) is 9.47 Å². The summed E-state index contributed by atoms with van der Waals surface area (Å²) >= 11 is 0. The number of ether oxygens (including phenoxy) is 2. The van der Waals surface area contributed by atoms with Crippen LogP contribution in [0.2, 0.25) is 0 Å². The second kappa shape index (κ2) is 9.19. The summed E-state index contributed by atoms with van der Waals surface area (Å²) in [5.74, 6) is 2.07. The van der Waals surface area contributed by atoms with Gasteiger partial charge in [-0.3, -0.25) is 9.69 Å². The van der Waals surface area contributed by atoms with Gasteiger partial charge in [0.25, 0.3) is 0 Å². The first kappa shape index (κ1) is 21.7. The number of ketones is 1. The first-order valence-electron chi connectivity index (χ1n) is 10.3. The van der Waals surface area contributed by atoms with Crippen molar-refractivity contribution >= 4 is 18.2 Å². The summed E-state index contributed by atoms with van der Waals surface area (Å²) in [6, 6.07) is 14.1. The summed E-state index contributed by atoms with van der Waals surface area (Å²) in [5, 5.41) is 0. The zero-order valence-electron chi connectivity index (χ0n) is 17.3. The average Bonchev–Trinajstić information content (AvgIpc) is 2.75. The third-order valence-corrected chi connectivity index (χ3v) is 6.50. The van der Waals surface area contributed by atoms with Gasteiger partial charge in [-0.1, -0.05) is 18.2 Å². The maximum atomic E-state index is 13.6. The standard InChI is InChI=1S/C24H29NO3.ClH/c1-27-20-9-10-21-19(17-20)11-14-24(23(21)26)13-5-6-15-25(24)16-12-18-7-3-4-8-22(18)28-2;/h3-4,7-10,17H,5-6,11-16H2,1-2H3;1H/t24-;/m0./s1. The number of carbonyl (C=O) groups is 1. The first-order valence-corrected chi connectivity index (χ1v) is 10.3. The molecule has 0 bridgehead atoms. The topological polar surface area (TPSA) is 38.8 Å². The highest BCUT2D eigenvalue weighted by atomic mass is 35.5. The van der Waals surface area contributed by atoms with Crippen LogP contribution in [0.25, 0.3) is 0 Å². The fourth-order valence-corrected chi connectivity index (χ4v) is 4.95. The van der Waals surface area contributed by atoms with Crippen LogP contribution >= 0.6 is 12.4 Å². The Balaban J connectivity index is 0.00000240. The number of fused-ring (bicyclic) bond motifs is 1. The van der Waals surface area contributed by atoms with E-state index in [1.165, 1.54) is 5.56 Å². The second-order valence-corrected chi connectivity index (χ2v) is 7.89. The fourth-order valence-electron chi connectivity index (χ4n) is 4.95. The minimum absolute atomic E-state index is 0. The van der Waals surface area contributed by atoms with Crippen LogP contribution in [0, 0.1) is 0 Å². The van der Waals surface area contributed by atoms with Gasteiger partial charge in [0.1, 0.15) is 11.5 Å². The number of Topliss-reactive ketones (excluding diaryl/α,β-unsaturated/α-hetero) is 1. The molecule has 0 N–H and O–H groups in total. The molecule has 4 rings (SSSR count). The van der Waals surface area contributed by atoms with Crippen molar-refractivity contribution in [2.45, 2.75) is 44.1 Å². The monoisotopic (exact) mass is 415 g/mol. The maximum Gasteiger partial charge on any atom is 0.183 e. The van der Waals surface area contributed by atoms with E-state index in [1.807, 2.05) is 30.3 Å². The number of carbonyl (C=O) groups excluding carboxylic acids is 1. The summed E-state index contributed by atoms with van der Waals surface area (Å²) in [6.45, 7) is 1.88. The quantitative estimate of drug-likeness (QED) is 0.708. The van der Waals surface area contributed by atoms with Gasteiger partial charge in [0.15, 0.2) is 5.78 Å². The Kier molecular flexibility index (Phi) is 6.86. The van der Waals surface area contributed by atoms with Gasteiger partial charge in [-0.2, -0.15) is 0 Å². The summed E-state index contributed by atoms with van der Waals surface area (Å²) in [4.78, 5) is 16.1. The van der Waals surface area contributed by atoms with Crippen molar-refractivity contribution in [3.05, 3.63) is 59.2 Å². The molecule has 1 heterocycles. The Bertz CT molecular complexity index is 869. The van der Waals surface area contributed by atoms with Crippen molar-refractivity contribution in [1.29, 1.82) is 0 Å². The lowest BCUT2D eigenvalue weighted by Crippen LogP contribution is -2.59. The van der Waals surface area contributed by atoms with Gasteiger partial charge in [0, 0.05) is 12.1 Å². The predicted octanol–water partition coefficient (Wildman–Crippen LogP) is 4.72. The fraction of sp³-hybridized carbons (Fsp3) is 0.458. The second-order valence-electron chi connectivity index (χ2n) is 7.89. The largest absolute Gasteiger partial charge is 0.497 e. The maximum absolute atomic E-state index is 13.6. The van der Waals surface area contributed by atoms with Crippen LogP contribution in [0.1, 0.15) is 47.2 Å². The lowest BCUT2D eigenvalue weighted by Gasteiger charge is -2.48. The van der Waals surface area contributed by atoms with Crippen molar-refractivity contribution in [2.75, 3.05) is 27.3 Å². The zero-order valence-corrected chi connectivity index (χ0v) is 18.1. The van der Waals surface area contributed by atoms with Gasteiger partial charge in [0.05, 0.1) is 19.8 Å². The van der Waals surface area contributed by atoms with Crippen molar-refractivity contribution < 1.29 is 14.3 Å². The minimum atomic E-state index is -0.345. The van der Waals surface area contributed by atoms with E-state index in [9.17, 15) is 4.79 Å². The summed E-state index contributed by atoms with van der Waals surface area (Å²) in [7, 11) is 3.39. The Labute approximate surface area is 179 Å². The van der Waals surface area contributed by atoms with Gasteiger partial charge in [0.2, 0.25) is 0 Å². The number of benzene rings is 2. The van der Waals surface area contributed by atoms with Crippen LogP contribution in [0.15, 0.2) is 42.5 Å². The Morgan fingerprint density at radius 1 is 1.03 bits per heavy atom. The Morgan fingerprint density at radius 3 is 2.66 bits per heavy atom. The third-order valence-electron chi connectivity index (χ3n) is 6.50. The molecule has 1 saturated heterocycles. The molecule has 1 aliphatic carbocycles. The van der Waals surface area contributed by atoms with E-state index < -0.39 is 0 Å². The molecular weight excluding hydrogens is 386 g/mol. The molecule has 2 aliphatic rings. The Morgan fingerprint density at radius 2 is 1.86 bits per heavy atom. The molecule has 0 saturated carbocycles. The highest BCUT2D eigenvalue weighted by Gasteiger charge is 2.47. The van der Waals surface area contributed by atoms with Crippen LogP contribution < -0.4 is 9.47 Å². The molecule has 0 aromatic heterocycles. The zero-order chi connectivity index (χ0) is 19.6. The van der Waals surface area contributed by atoms with Crippen LogP contribution in [-0.2, 0) is 12.8 Å². The average molecular weight is 416 g/mol. The normalized spacial score (nSPS) is 21.4. The highest BCUT2D eigenvalue weighted by molar-refractivity contribution is 6.05. The van der Waals surface area contributed by atoms with Gasteiger partial charge < -0.3 is 9.47 Å². The lowest BCUT2D eigenvalue weighted by atomic mass is 9.71. The SMILES string of the molecule is COc1ccc2c(c1)CC[C@@]1(CCCCN1CCc1ccccc1OC)C2=O.Cl. The van der Waals surface area contributed by atoms with Gasteiger partial charge in [-0.25, -0.2) is 0 Å². The van der Waals surface area contributed by atoms with E-state index in [1.54, 1.807) is 14.2 Å². The molecule has 4 nitrogen and oxygen atoms in total.